The smallest absolute Gasteiger partial charge is 0.325 e. The van der Waals surface area contributed by atoms with Crippen LogP contribution in [0.3, 0.4) is 0 Å². The van der Waals surface area contributed by atoms with Gasteiger partial charge in [0.1, 0.15) is 25.3 Å². The van der Waals surface area contributed by atoms with Crippen LogP contribution in [-0.2, 0) is 15.1 Å². The summed E-state index contributed by atoms with van der Waals surface area (Å²) in [5.74, 6) is 0.686. The second kappa shape index (κ2) is 8.83. The summed E-state index contributed by atoms with van der Waals surface area (Å²) in [5.41, 5.74) is 0.391. The van der Waals surface area contributed by atoms with E-state index in [4.69, 9.17) is 21.1 Å². The van der Waals surface area contributed by atoms with E-state index < -0.39 is 17.5 Å². The number of fused-ring (bicyclic) bond motifs is 1. The Bertz CT molecular complexity index is 1140. The van der Waals surface area contributed by atoms with Crippen molar-refractivity contribution in [1.82, 2.24) is 15.1 Å². The predicted molar refractivity (Wildman–Crippen MR) is 125 cm³/mol. The van der Waals surface area contributed by atoms with Crippen LogP contribution >= 0.6 is 11.6 Å². The molecule has 1 N–H and O–H groups in total. The van der Waals surface area contributed by atoms with Crippen LogP contribution in [0.15, 0.2) is 42.5 Å². The first-order valence-corrected chi connectivity index (χ1v) is 11.9. The van der Waals surface area contributed by atoms with Gasteiger partial charge in [-0.05, 0) is 54.7 Å². The molecule has 34 heavy (non-hydrogen) atoms. The van der Waals surface area contributed by atoms with Gasteiger partial charge in [-0.15, -0.1) is 0 Å². The zero-order chi connectivity index (χ0) is 23.9. The lowest BCUT2D eigenvalue weighted by molar-refractivity contribution is -0.139. The van der Waals surface area contributed by atoms with E-state index in [-0.39, 0.29) is 18.5 Å². The quantitative estimate of drug-likeness (QED) is 0.656. The maximum Gasteiger partial charge on any atom is 0.325 e. The van der Waals surface area contributed by atoms with Gasteiger partial charge < -0.3 is 19.7 Å². The molecule has 0 unspecified atom stereocenters. The van der Waals surface area contributed by atoms with Gasteiger partial charge in [0, 0.05) is 11.6 Å². The average molecular weight is 484 g/mol. The molecule has 2 aromatic carbocycles. The van der Waals surface area contributed by atoms with Gasteiger partial charge in [0.2, 0.25) is 5.91 Å². The molecular formula is C25H26ClN3O5. The minimum atomic E-state index is -1.21. The normalized spacial score (nSPS) is 23.9. The molecule has 3 aliphatic heterocycles. The molecule has 9 heteroatoms. The number of carbonyl (C=O) groups excluding carboxylic acids is 3. The van der Waals surface area contributed by atoms with Crippen molar-refractivity contribution >= 4 is 29.4 Å². The monoisotopic (exact) mass is 483 g/mol. The minimum Gasteiger partial charge on any atom is -0.486 e. The molecule has 178 valence electrons. The minimum absolute atomic E-state index is 0.142. The van der Waals surface area contributed by atoms with E-state index in [0.717, 1.165) is 23.3 Å². The number of hydrogen-bond donors (Lipinski definition) is 1. The SMILES string of the molecule is CC[C@@]1(c2ccc(Cl)cc2)NC(=O)N(CC(=O)N2CCC[C@@H]2c2ccc3c(c2)OCCO3)C1=O. The maximum atomic E-state index is 13.4. The van der Waals surface area contributed by atoms with Crippen LogP contribution in [0.2, 0.25) is 5.02 Å². The largest absolute Gasteiger partial charge is 0.486 e. The number of rotatable bonds is 5. The summed E-state index contributed by atoms with van der Waals surface area (Å²) in [6, 6.07) is 11.8. The Labute approximate surface area is 202 Å². The molecule has 2 fully saturated rings. The van der Waals surface area contributed by atoms with E-state index in [2.05, 4.69) is 5.32 Å². The number of nitrogens with one attached hydrogen (secondary N) is 1. The van der Waals surface area contributed by atoms with Crippen LogP contribution in [0.25, 0.3) is 0 Å². The first kappa shape index (κ1) is 22.5. The summed E-state index contributed by atoms with van der Waals surface area (Å²) < 4.78 is 11.3. The number of nitrogens with zero attached hydrogens (tertiary/aromatic N) is 2. The van der Waals surface area contributed by atoms with E-state index >= 15 is 0 Å². The maximum absolute atomic E-state index is 13.4. The highest BCUT2D eigenvalue weighted by atomic mass is 35.5. The summed E-state index contributed by atoms with van der Waals surface area (Å²) in [6.45, 7) is 3.10. The summed E-state index contributed by atoms with van der Waals surface area (Å²) >= 11 is 6.00. The summed E-state index contributed by atoms with van der Waals surface area (Å²) in [6.07, 6.45) is 2.00. The fraction of sp³-hybridized carbons (Fsp3) is 0.400. The van der Waals surface area contributed by atoms with E-state index in [1.54, 1.807) is 29.2 Å². The Balaban J connectivity index is 1.35. The topological polar surface area (TPSA) is 88.2 Å². The van der Waals surface area contributed by atoms with E-state index in [1.165, 1.54) is 0 Å². The first-order chi connectivity index (χ1) is 16.4. The summed E-state index contributed by atoms with van der Waals surface area (Å²) in [4.78, 5) is 42.4. The molecule has 3 aliphatic rings. The highest BCUT2D eigenvalue weighted by molar-refractivity contribution is 6.30. The Hall–Kier alpha value is -3.26. The lowest BCUT2D eigenvalue weighted by atomic mass is 9.87. The third-order valence-electron chi connectivity index (χ3n) is 6.86. The molecular weight excluding hydrogens is 458 g/mol. The van der Waals surface area contributed by atoms with Crippen molar-refractivity contribution in [2.45, 2.75) is 37.8 Å². The van der Waals surface area contributed by atoms with Crippen molar-refractivity contribution in [2.75, 3.05) is 26.3 Å². The Kier molecular flexibility index (Phi) is 5.85. The molecule has 0 saturated carbocycles. The number of imide groups is 1. The fourth-order valence-electron chi connectivity index (χ4n) is 5.05. The number of halogens is 1. The van der Waals surface area contributed by atoms with Crippen molar-refractivity contribution in [3.8, 4) is 11.5 Å². The van der Waals surface area contributed by atoms with Crippen LogP contribution in [0, 0.1) is 0 Å². The van der Waals surface area contributed by atoms with Crippen molar-refractivity contribution in [1.29, 1.82) is 0 Å². The van der Waals surface area contributed by atoms with Crippen LogP contribution in [0.4, 0.5) is 4.79 Å². The van der Waals surface area contributed by atoms with Crippen molar-refractivity contribution in [2.24, 2.45) is 0 Å². The number of ether oxygens (including phenoxy) is 2. The summed E-state index contributed by atoms with van der Waals surface area (Å²) in [7, 11) is 0. The van der Waals surface area contributed by atoms with Gasteiger partial charge in [-0.2, -0.15) is 0 Å². The van der Waals surface area contributed by atoms with Gasteiger partial charge in [0.25, 0.3) is 5.91 Å². The fourth-order valence-corrected chi connectivity index (χ4v) is 5.17. The molecule has 4 amide bonds. The molecule has 2 saturated heterocycles. The molecule has 0 radical (unpaired) electrons. The van der Waals surface area contributed by atoms with E-state index in [1.807, 2.05) is 25.1 Å². The molecule has 8 nitrogen and oxygen atoms in total. The average Bonchev–Trinajstić information content (AvgIpc) is 3.44. The van der Waals surface area contributed by atoms with Crippen LogP contribution in [0.5, 0.6) is 11.5 Å². The van der Waals surface area contributed by atoms with Crippen LogP contribution in [-0.4, -0.2) is 53.9 Å². The number of hydrogen-bond acceptors (Lipinski definition) is 5. The molecule has 5 rings (SSSR count). The van der Waals surface area contributed by atoms with Crippen molar-refractivity contribution in [3.63, 3.8) is 0 Å². The Morgan fingerprint density at radius 1 is 1.12 bits per heavy atom. The number of carbonyl (C=O) groups is 3. The number of urea groups is 1. The van der Waals surface area contributed by atoms with Gasteiger partial charge >= 0.3 is 6.03 Å². The zero-order valence-electron chi connectivity index (χ0n) is 18.9. The lowest BCUT2D eigenvalue weighted by Crippen LogP contribution is -2.45. The molecule has 3 heterocycles. The van der Waals surface area contributed by atoms with E-state index in [0.29, 0.717) is 48.3 Å². The number of amides is 4. The predicted octanol–water partition coefficient (Wildman–Crippen LogP) is 3.63. The number of likely N-dealkylation sites (tertiary alicyclic amines) is 1. The standard InChI is InChI=1S/C25H26ClN3O5/c1-2-25(17-6-8-18(26)9-7-17)23(31)29(24(32)27-25)15-22(30)28-11-3-4-19(28)16-5-10-20-21(14-16)34-13-12-33-20/h5-10,14,19H,2-4,11-13,15H2,1H3,(H,27,32)/t19-,25+/m1/s1. The second-order valence-corrected chi connectivity index (χ2v) is 9.17. The number of benzene rings is 2. The molecule has 0 aromatic heterocycles. The summed E-state index contributed by atoms with van der Waals surface area (Å²) in [5, 5.41) is 3.36. The molecule has 2 atom stereocenters. The third-order valence-corrected chi connectivity index (χ3v) is 7.11. The Morgan fingerprint density at radius 2 is 1.85 bits per heavy atom. The van der Waals surface area contributed by atoms with Crippen molar-refractivity contribution < 1.29 is 23.9 Å². The highest BCUT2D eigenvalue weighted by Crippen LogP contribution is 2.39. The molecule has 0 aliphatic carbocycles. The van der Waals surface area contributed by atoms with Gasteiger partial charge in [-0.3, -0.25) is 14.5 Å². The van der Waals surface area contributed by atoms with E-state index in [9.17, 15) is 14.4 Å². The molecule has 0 spiro atoms. The molecule has 2 aromatic rings. The van der Waals surface area contributed by atoms with Crippen LogP contribution in [0.1, 0.15) is 43.4 Å². The zero-order valence-corrected chi connectivity index (χ0v) is 19.6. The van der Waals surface area contributed by atoms with Gasteiger partial charge in [-0.1, -0.05) is 36.7 Å². The van der Waals surface area contributed by atoms with Gasteiger partial charge in [0.15, 0.2) is 11.5 Å². The lowest BCUT2D eigenvalue weighted by Gasteiger charge is -2.28. The highest BCUT2D eigenvalue weighted by Gasteiger charge is 2.52. The Morgan fingerprint density at radius 3 is 2.59 bits per heavy atom. The van der Waals surface area contributed by atoms with Gasteiger partial charge in [-0.25, -0.2) is 4.79 Å². The van der Waals surface area contributed by atoms with Crippen LogP contribution < -0.4 is 14.8 Å². The third kappa shape index (κ3) is 3.76. The first-order valence-electron chi connectivity index (χ1n) is 11.5. The molecule has 0 bridgehead atoms. The second-order valence-electron chi connectivity index (χ2n) is 8.74. The van der Waals surface area contributed by atoms with Crippen molar-refractivity contribution in [3.05, 3.63) is 58.6 Å². The van der Waals surface area contributed by atoms with Gasteiger partial charge in [0.05, 0.1) is 6.04 Å².